The molecule has 106 valence electrons. The fourth-order valence-electron chi connectivity index (χ4n) is 3.41. The Kier molecular flexibility index (Phi) is 3.64. The van der Waals surface area contributed by atoms with Gasteiger partial charge < -0.3 is 14.5 Å². The number of hydrogen-bond acceptors (Lipinski definition) is 4. The average Bonchev–Trinajstić information content (AvgIpc) is 2.47. The summed E-state index contributed by atoms with van der Waals surface area (Å²) >= 11 is 0. The largest absolute Gasteiger partial charge is 0.370 e. The van der Waals surface area contributed by atoms with Crippen LogP contribution in [0, 0.1) is 11.3 Å². The van der Waals surface area contributed by atoms with E-state index in [0.29, 0.717) is 0 Å². The van der Waals surface area contributed by atoms with E-state index in [1.165, 1.54) is 6.42 Å². The van der Waals surface area contributed by atoms with Crippen LogP contribution < -0.4 is 4.90 Å². The van der Waals surface area contributed by atoms with Crippen LogP contribution in [-0.2, 0) is 4.74 Å². The lowest BCUT2D eigenvalue weighted by Gasteiger charge is -2.48. The van der Waals surface area contributed by atoms with Gasteiger partial charge in [-0.15, -0.1) is 0 Å². The molecule has 0 saturated carbocycles. The Bertz CT molecular complexity index is 521. The zero-order valence-electron chi connectivity index (χ0n) is 12.0. The van der Waals surface area contributed by atoms with Gasteiger partial charge in [-0.3, -0.25) is 0 Å². The third kappa shape index (κ3) is 2.65. The van der Waals surface area contributed by atoms with Crippen molar-refractivity contribution in [1.82, 2.24) is 4.90 Å². The molecule has 20 heavy (non-hydrogen) atoms. The van der Waals surface area contributed by atoms with Gasteiger partial charge in [-0.25, -0.2) is 0 Å². The number of benzene rings is 1. The van der Waals surface area contributed by atoms with Gasteiger partial charge in [0.25, 0.3) is 0 Å². The van der Waals surface area contributed by atoms with E-state index in [0.717, 1.165) is 50.5 Å². The predicted molar refractivity (Wildman–Crippen MR) is 78.8 cm³/mol. The number of nitriles is 1. The molecular weight excluding hydrogens is 250 g/mol. The minimum absolute atomic E-state index is 0.0338. The van der Waals surface area contributed by atoms with Crippen LogP contribution in [0.15, 0.2) is 24.3 Å². The van der Waals surface area contributed by atoms with Crippen molar-refractivity contribution in [3.8, 4) is 6.07 Å². The second-order valence-electron chi connectivity index (χ2n) is 5.96. The molecule has 2 aliphatic rings. The second-order valence-corrected chi connectivity index (χ2v) is 5.96. The minimum Gasteiger partial charge on any atom is -0.370 e. The highest BCUT2D eigenvalue weighted by atomic mass is 16.5. The van der Waals surface area contributed by atoms with Crippen LogP contribution in [-0.4, -0.2) is 50.3 Å². The van der Waals surface area contributed by atoms with Crippen molar-refractivity contribution in [2.75, 3.05) is 44.7 Å². The van der Waals surface area contributed by atoms with Gasteiger partial charge in [-0.1, -0.05) is 6.07 Å². The van der Waals surface area contributed by atoms with Crippen molar-refractivity contribution in [2.24, 2.45) is 0 Å². The first-order valence-corrected chi connectivity index (χ1v) is 7.28. The Morgan fingerprint density at radius 1 is 1.30 bits per heavy atom. The van der Waals surface area contributed by atoms with Crippen LogP contribution in [0.4, 0.5) is 5.69 Å². The summed E-state index contributed by atoms with van der Waals surface area (Å²) in [5.74, 6) is 0. The number of likely N-dealkylation sites (tertiary alicyclic amines) is 1. The summed E-state index contributed by atoms with van der Waals surface area (Å²) in [7, 11) is 2.17. The van der Waals surface area contributed by atoms with E-state index in [-0.39, 0.29) is 5.60 Å². The van der Waals surface area contributed by atoms with Crippen molar-refractivity contribution in [2.45, 2.75) is 18.4 Å². The molecule has 1 aromatic carbocycles. The first-order chi connectivity index (χ1) is 9.71. The Morgan fingerprint density at radius 2 is 2.20 bits per heavy atom. The second kappa shape index (κ2) is 5.43. The zero-order chi connectivity index (χ0) is 14.0. The van der Waals surface area contributed by atoms with Crippen molar-refractivity contribution >= 4 is 5.69 Å². The molecule has 2 heterocycles. The van der Waals surface area contributed by atoms with Crippen LogP contribution in [0.1, 0.15) is 18.4 Å². The Balaban J connectivity index is 1.79. The summed E-state index contributed by atoms with van der Waals surface area (Å²) in [6.45, 7) is 4.76. The van der Waals surface area contributed by atoms with E-state index >= 15 is 0 Å². The maximum atomic E-state index is 9.04. The highest BCUT2D eigenvalue weighted by Gasteiger charge is 2.39. The molecule has 0 unspecified atom stereocenters. The maximum Gasteiger partial charge on any atom is 0.0992 e. The van der Waals surface area contributed by atoms with Crippen LogP contribution in [0.2, 0.25) is 0 Å². The first kappa shape index (κ1) is 13.4. The summed E-state index contributed by atoms with van der Waals surface area (Å²) in [6, 6.07) is 10.1. The lowest BCUT2D eigenvalue weighted by molar-refractivity contribution is -0.0926. The van der Waals surface area contributed by atoms with Gasteiger partial charge >= 0.3 is 0 Å². The maximum absolute atomic E-state index is 9.04. The number of hydrogen-bond donors (Lipinski definition) is 0. The predicted octanol–water partition coefficient (Wildman–Crippen LogP) is 1.86. The van der Waals surface area contributed by atoms with E-state index in [1.54, 1.807) is 0 Å². The fourth-order valence-corrected chi connectivity index (χ4v) is 3.41. The van der Waals surface area contributed by atoms with E-state index in [1.807, 2.05) is 18.2 Å². The van der Waals surface area contributed by atoms with E-state index in [4.69, 9.17) is 10.00 Å². The van der Waals surface area contributed by atoms with Crippen LogP contribution >= 0.6 is 0 Å². The zero-order valence-corrected chi connectivity index (χ0v) is 12.0. The van der Waals surface area contributed by atoms with Gasteiger partial charge in [0.15, 0.2) is 0 Å². The lowest BCUT2D eigenvalue weighted by atomic mass is 9.91. The SMILES string of the molecule is CN1CCC[C@@]2(C1)CN(c1cccc(C#N)c1)CCO2. The summed E-state index contributed by atoms with van der Waals surface area (Å²) in [4.78, 5) is 4.72. The molecule has 0 radical (unpaired) electrons. The Morgan fingerprint density at radius 3 is 3.00 bits per heavy atom. The first-order valence-electron chi connectivity index (χ1n) is 7.28. The molecule has 2 aliphatic heterocycles. The molecule has 0 aromatic heterocycles. The molecule has 4 heteroatoms. The monoisotopic (exact) mass is 271 g/mol. The molecule has 3 rings (SSSR count). The van der Waals surface area contributed by atoms with Gasteiger partial charge in [0.05, 0.1) is 23.8 Å². The van der Waals surface area contributed by atoms with Crippen LogP contribution in [0.25, 0.3) is 0 Å². The summed E-state index contributed by atoms with van der Waals surface area (Å²) in [6.07, 6.45) is 2.33. The summed E-state index contributed by atoms with van der Waals surface area (Å²) < 4.78 is 6.14. The highest BCUT2D eigenvalue weighted by Crippen LogP contribution is 2.30. The standard InChI is InChI=1S/C16H21N3O/c1-18-7-3-6-16(12-18)13-19(8-9-20-16)15-5-2-4-14(10-15)11-17/h2,4-5,10H,3,6-9,12-13H2,1H3/t16-/m1/s1. The number of anilines is 1. The van der Waals surface area contributed by atoms with Gasteiger partial charge in [0.2, 0.25) is 0 Å². The Labute approximate surface area is 120 Å². The van der Waals surface area contributed by atoms with Crippen molar-refractivity contribution in [1.29, 1.82) is 5.26 Å². The highest BCUT2D eigenvalue weighted by molar-refractivity contribution is 5.52. The van der Waals surface area contributed by atoms with Crippen molar-refractivity contribution in [3.05, 3.63) is 29.8 Å². The van der Waals surface area contributed by atoms with Gasteiger partial charge in [0, 0.05) is 25.3 Å². The number of rotatable bonds is 1. The molecule has 1 aromatic rings. The molecule has 0 amide bonds. The number of ether oxygens (including phenoxy) is 1. The van der Waals surface area contributed by atoms with Gasteiger partial charge in [-0.2, -0.15) is 5.26 Å². The van der Waals surface area contributed by atoms with Crippen molar-refractivity contribution in [3.63, 3.8) is 0 Å². The molecule has 0 bridgehead atoms. The molecule has 0 aliphatic carbocycles. The van der Waals surface area contributed by atoms with Crippen LogP contribution in [0.5, 0.6) is 0 Å². The topological polar surface area (TPSA) is 39.5 Å². The quantitative estimate of drug-likeness (QED) is 0.781. The number of likely N-dealkylation sites (N-methyl/N-ethyl adjacent to an activating group) is 1. The molecular formula is C16H21N3O. The smallest absolute Gasteiger partial charge is 0.0992 e. The van der Waals surface area contributed by atoms with Crippen molar-refractivity contribution < 1.29 is 4.74 Å². The van der Waals surface area contributed by atoms with E-state index in [2.05, 4.69) is 29.0 Å². The number of nitrogens with zero attached hydrogens (tertiary/aromatic N) is 3. The molecule has 0 N–H and O–H groups in total. The fraction of sp³-hybridized carbons (Fsp3) is 0.562. The average molecular weight is 271 g/mol. The normalized spacial score (nSPS) is 27.5. The molecule has 2 saturated heterocycles. The van der Waals surface area contributed by atoms with E-state index < -0.39 is 0 Å². The molecule has 2 fully saturated rings. The molecule has 4 nitrogen and oxygen atoms in total. The lowest BCUT2D eigenvalue weighted by Crippen LogP contribution is -2.59. The van der Waals surface area contributed by atoms with Crippen LogP contribution in [0.3, 0.4) is 0 Å². The summed E-state index contributed by atoms with van der Waals surface area (Å²) in [5, 5.41) is 9.04. The third-order valence-electron chi connectivity index (χ3n) is 4.32. The number of piperidine rings is 1. The molecule has 1 spiro atoms. The molecule has 1 atom stereocenters. The van der Waals surface area contributed by atoms with Gasteiger partial charge in [0.1, 0.15) is 0 Å². The van der Waals surface area contributed by atoms with Gasteiger partial charge in [-0.05, 0) is 44.6 Å². The van der Waals surface area contributed by atoms with E-state index in [9.17, 15) is 0 Å². The third-order valence-corrected chi connectivity index (χ3v) is 4.32. The Hall–Kier alpha value is -1.57. The summed E-state index contributed by atoms with van der Waals surface area (Å²) in [5.41, 5.74) is 1.83. The minimum atomic E-state index is -0.0338. The number of morpholine rings is 1.